The number of rotatable bonds is 7. The summed E-state index contributed by atoms with van der Waals surface area (Å²) in [6.07, 6.45) is 0.573. The Morgan fingerprint density at radius 2 is 2.15 bits per heavy atom. The summed E-state index contributed by atoms with van der Waals surface area (Å²) in [6, 6.07) is 3.66. The minimum absolute atomic E-state index is 0.0340. The van der Waals surface area contributed by atoms with Crippen molar-refractivity contribution in [2.75, 3.05) is 13.7 Å². The lowest BCUT2D eigenvalue weighted by Gasteiger charge is -2.16. The van der Waals surface area contributed by atoms with Crippen LogP contribution >= 0.6 is 22.6 Å². The van der Waals surface area contributed by atoms with Gasteiger partial charge in [0.05, 0.1) is 17.1 Å². The number of ether oxygens (including phenoxy) is 1. The highest BCUT2D eigenvalue weighted by atomic mass is 127. The Hall–Kier alpha value is -0.710. The van der Waals surface area contributed by atoms with Gasteiger partial charge in [0.15, 0.2) is 0 Å². The first-order valence-corrected chi connectivity index (χ1v) is 8.42. The van der Waals surface area contributed by atoms with E-state index in [-0.39, 0.29) is 23.1 Å². The van der Waals surface area contributed by atoms with Crippen LogP contribution in [0.2, 0.25) is 0 Å². The third-order valence-corrected chi connectivity index (χ3v) is 5.12. The fourth-order valence-corrected chi connectivity index (χ4v) is 3.46. The number of methoxy groups -OCH3 is 1. The van der Waals surface area contributed by atoms with Gasteiger partial charge >= 0.3 is 5.97 Å². The Labute approximate surface area is 131 Å². The van der Waals surface area contributed by atoms with Crippen LogP contribution in [0.25, 0.3) is 0 Å². The molecule has 0 aliphatic rings. The third kappa shape index (κ3) is 4.40. The Morgan fingerprint density at radius 3 is 2.65 bits per heavy atom. The summed E-state index contributed by atoms with van der Waals surface area (Å²) in [5.41, 5.74) is -0.0340. The average Bonchev–Trinajstić information content (AvgIpc) is 2.37. The van der Waals surface area contributed by atoms with Crippen molar-refractivity contribution < 1.29 is 23.1 Å². The Balaban J connectivity index is 3.09. The number of hydrogen-bond acceptors (Lipinski definition) is 4. The van der Waals surface area contributed by atoms with Crippen LogP contribution in [0.1, 0.15) is 23.7 Å². The van der Waals surface area contributed by atoms with Gasteiger partial charge in [0.1, 0.15) is 0 Å². The largest absolute Gasteiger partial charge is 0.478 e. The molecular formula is C12H16INO5S. The van der Waals surface area contributed by atoms with Gasteiger partial charge < -0.3 is 9.84 Å². The molecule has 0 aliphatic heterocycles. The van der Waals surface area contributed by atoms with Gasteiger partial charge in [0, 0.05) is 16.7 Å². The number of sulfonamides is 1. The van der Waals surface area contributed by atoms with Crippen molar-refractivity contribution in [3.63, 3.8) is 0 Å². The zero-order valence-electron chi connectivity index (χ0n) is 11.1. The highest BCUT2D eigenvalue weighted by molar-refractivity contribution is 14.1. The lowest BCUT2D eigenvalue weighted by atomic mass is 10.2. The van der Waals surface area contributed by atoms with Gasteiger partial charge in [-0.3, -0.25) is 0 Å². The molecule has 0 heterocycles. The Morgan fingerprint density at radius 1 is 1.50 bits per heavy atom. The molecule has 1 unspecified atom stereocenters. The molecule has 1 atom stereocenters. The van der Waals surface area contributed by atoms with Gasteiger partial charge in [-0.1, -0.05) is 6.92 Å². The smallest absolute Gasteiger partial charge is 0.336 e. The second-order valence-corrected chi connectivity index (χ2v) is 7.00. The molecular weight excluding hydrogens is 397 g/mol. The molecule has 1 aromatic carbocycles. The van der Waals surface area contributed by atoms with Crippen LogP contribution in [0.15, 0.2) is 23.1 Å². The first-order chi connectivity index (χ1) is 9.31. The molecule has 1 aromatic rings. The fraction of sp³-hybridized carbons (Fsp3) is 0.417. The maximum absolute atomic E-state index is 12.2. The lowest BCUT2D eigenvalue weighted by molar-refractivity contribution is 0.0695. The molecule has 6 nitrogen and oxygen atoms in total. The monoisotopic (exact) mass is 413 g/mol. The van der Waals surface area contributed by atoms with Gasteiger partial charge in [0.2, 0.25) is 10.0 Å². The number of carboxylic acid groups (broad SMARTS) is 1. The van der Waals surface area contributed by atoms with Crippen LogP contribution in [0.3, 0.4) is 0 Å². The first kappa shape index (κ1) is 17.3. The Kier molecular flexibility index (Phi) is 6.37. The highest BCUT2D eigenvalue weighted by Gasteiger charge is 2.21. The van der Waals surface area contributed by atoms with Crippen LogP contribution in [0, 0.1) is 3.57 Å². The molecule has 0 spiro atoms. The summed E-state index contributed by atoms with van der Waals surface area (Å²) >= 11 is 1.85. The van der Waals surface area contributed by atoms with E-state index in [1.165, 1.54) is 19.2 Å². The summed E-state index contributed by atoms with van der Waals surface area (Å²) in [7, 11) is -2.27. The molecule has 0 amide bonds. The second kappa shape index (κ2) is 7.34. The normalized spacial score (nSPS) is 13.2. The van der Waals surface area contributed by atoms with Gasteiger partial charge in [0.25, 0.3) is 0 Å². The number of aromatic carboxylic acids is 1. The van der Waals surface area contributed by atoms with Crippen molar-refractivity contribution in [3.8, 4) is 0 Å². The molecule has 0 saturated carbocycles. The van der Waals surface area contributed by atoms with E-state index in [1.807, 2.05) is 29.5 Å². The predicted octanol–water partition coefficient (Wildman–Crippen LogP) is 1.69. The number of halogens is 1. The molecule has 0 aliphatic carbocycles. The summed E-state index contributed by atoms with van der Waals surface area (Å²) in [4.78, 5) is 11.0. The van der Waals surface area contributed by atoms with Crippen molar-refractivity contribution in [1.29, 1.82) is 0 Å². The average molecular weight is 413 g/mol. The summed E-state index contributed by atoms with van der Waals surface area (Å²) in [5, 5.41) is 9.03. The van der Waals surface area contributed by atoms with Crippen molar-refractivity contribution in [2.45, 2.75) is 24.3 Å². The first-order valence-electron chi connectivity index (χ1n) is 5.86. The maximum Gasteiger partial charge on any atom is 0.336 e. The van der Waals surface area contributed by atoms with E-state index >= 15 is 0 Å². The molecule has 2 N–H and O–H groups in total. The SMILES string of the molecule is CCC(COC)NS(=O)(=O)c1ccc(I)c(C(=O)O)c1. The Bertz CT molecular complexity index is 588. The minimum Gasteiger partial charge on any atom is -0.478 e. The number of carbonyl (C=O) groups is 1. The summed E-state index contributed by atoms with van der Waals surface area (Å²) in [6.45, 7) is 2.09. The molecule has 0 bridgehead atoms. The van der Waals surface area contributed by atoms with E-state index in [9.17, 15) is 13.2 Å². The van der Waals surface area contributed by atoms with Crippen molar-refractivity contribution in [3.05, 3.63) is 27.3 Å². The molecule has 112 valence electrons. The van der Waals surface area contributed by atoms with E-state index in [4.69, 9.17) is 9.84 Å². The molecule has 1 rings (SSSR count). The number of nitrogens with one attached hydrogen (secondary N) is 1. The number of hydrogen-bond donors (Lipinski definition) is 2. The fourth-order valence-electron chi connectivity index (χ4n) is 1.56. The van der Waals surface area contributed by atoms with E-state index in [2.05, 4.69) is 4.72 Å². The molecule has 0 saturated heterocycles. The molecule has 0 aromatic heterocycles. The van der Waals surface area contributed by atoms with Gasteiger partial charge in [-0.2, -0.15) is 0 Å². The van der Waals surface area contributed by atoms with Crippen molar-refractivity contribution in [2.24, 2.45) is 0 Å². The zero-order chi connectivity index (χ0) is 15.3. The minimum atomic E-state index is -3.76. The lowest BCUT2D eigenvalue weighted by Crippen LogP contribution is -2.37. The molecule has 0 fully saturated rings. The topological polar surface area (TPSA) is 92.7 Å². The van der Waals surface area contributed by atoms with Gasteiger partial charge in [-0.15, -0.1) is 0 Å². The molecule has 0 radical (unpaired) electrons. The molecule has 8 heteroatoms. The van der Waals surface area contributed by atoms with E-state index in [1.54, 1.807) is 0 Å². The van der Waals surface area contributed by atoms with Gasteiger partial charge in [-0.05, 0) is 47.2 Å². The predicted molar refractivity (Wildman–Crippen MR) is 82.4 cm³/mol. The van der Waals surface area contributed by atoms with Crippen LogP contribution in [-0.4, -0.2) is 39.3 Å². The maximum atomic E-state index is 12.2. The van der Waals surface area contributed by atoms with Crippen LogP contribution < -0.4 is 4.72 Å². The number of benzene rings is 1. The van der Waals surface area contributed by atoms with E-state index in [0.29, 0.717) is 9.99 Å². The molecule has 20 heavy (non-hydrogen) atoms. The van der Waals surface area contributed by atoms with Crippen LogP contribution in [-0.2, 0) is 14.8 Å². The highest BCUT2D eigenvalue weighted by Crippen LogP contribution is 2.18. The van der Waals surface area contributed by atoms with Crippen molar-refractivity contribution >= 4 is 38.6 Å². The van der Waals surface area contributed by atoms with Gasteiger partial charge in [-0.25, -0.2) is 17.9 Å². The zero-order valence-corrected chi connectivity index (χ0v) is 14.1. The van der Waals surface area contributed by atoms with Crippen molar-refractivity contribution in [1.82, 2.24) is 4.72 Å². The summed E-state index contributed by atoms with van der Waals surface area (Å²) < 4.78 is 32.3. The van der Waals surface area contributed by atoms with E-state index in [0.717, 1.165) is 6.07 Å². The van der Waals surface area contributed by atoms with E-state index < -0.39 is 16.0 Å². The second-order valence-electron chi connectivity index (χ2n) is 4.13. The van der Waals surface area contributed by atoms with Crippen LogP contribution in [0.5, 0.6) is 0 Å². The quantitative estimate of drug-likeness (QED) is 0.664. The standard InChI is InChI=1S/C12H16INO5S/c1-3-8(7-19-2)14-20(17,18)9-4-5-11(13)10(6-9)12(15)16/h4-6,8,14H,3,7H2,1-2H3,(H,15,16). The van der Waals surface area contributed by atoms with Crippen LogP contribution in [0.4, 0.5) is 0 Å². The summed E-state index contributed by atoms with van der Waals surface area (Å²) in [5.74, 6) is -1.16. The third-order valence-electron chi connectivity index (χ3n) is 2.66. The number of carboxylic acids is 1.